The highest BCUT2D eigenvalue weighted by Gasteiger charge is 2.17. The monoisotopic (exact) mass is 385 g/mol. The van der Waals surface area contributed by atoms with E-state index in [9.17, 15) is 13.6 Å². The van der Waals surface area contributed by atoms with Crippen LogP contribution in [0.25, 0.3) is 0 Å². The van der Waals surface area contributed by atoms with Crippen molar-refractivity contribution in [2.45, 2.75) is 5.75 Å². The molecule has 0 unspecified atom stereocenters. The van der Waals surface area contributed by atoms with Crippen LogP contribution in [0.1, 0.15) is 5.56 Å². The Bertz CT molecular complexity index is 804. The van der Waals surface area contributed by atoms with Crippen molar-refractivity contribution in [3.05, 3.63) is 52.6 Å². The Labute approximate surface area is 152 Å². The molecule has 25 heavy (non-hydrogen) atoms. The molecule has 0 saturated heterocycles. The summed E-state index contributed by atoms with van der Waals surface area (Å²) in [5.74, 6) is -0.00866. The van der Waals surface area contributed by atoms with E-state index >= 15 is 0 Å². The topological polar surface area (TPSA) is 47.6 Å². The van der Waals surface area contributed by atoms with Crippen LogP contribution >= 0.6 is 23.4 Å². The minimum Gasteiger partial charge on any atom is -0.486 e. The number of carbonyl (C=O) groups excluding carboxylic acids is 1. The van der Waals surface area contributed by atoms with Gasteiger partial charge in [-0.1, -0.05) is 11.6 Å². The second-order valence-electron chi connectivity index (χ2n) is 5.27. The van der Waals surface area contributed by atoms with Gasteiger partial charge in [-0.15, -0.1) is 11.8 Å². The number of halogens is 3. The highest BCUT2D eigenvalue weighted by molar-refractivity contribution is 7.99. The van der Waals surface area contributed by atoms with Gasteiger partial charge in [0.1, 0.15) is 24.8 Å². The Morgan fingerprint density at radius 3 is 2.84 bits per heavy atom. The lowest BCUT2D eigenvalue weighted by atomic mass is 10.2. The number of ether oxygens (including phenoxy) is 2. The van der Waals surface area contributed by atoms with E-state index in [1.165, 1.54) is 11.8 Å². The lowest BCUT2D eigenvalue weighted by molar-refractivity contribution is -0.113. The first-order valence-electron chi connectivity index (χ1n) is 7.43. The number of fused-ring (bicyclic) bond motifs is 1. The molecule has 0 aliphatic carbocycles. The minimum absolute atomic E-state index is 0.0853. The number of benzene rings is 2. The van der Waals surface area contributed by atoms with Crippen LogP contribution in [0, 0.1) is 11.6 Å². The van der Waals surface area contributed by atoms with Gasteiger partial charge >= 0.3 is 0 Å². The third-order valence-corrected chi connectivity index (χ3v) is 4.65. The molecule has 0 fully saturated rings. The average molecular weight is 386 g/mol. The van der Waals surface area contributed by atoms with E-state index in [1.807, 2.05) is 6.07 Å². The molecule has 0 bridgehead atoms. The van der Waals surface area contributed by atoms with Gasteiger partial charge in [0.15, 0.2) is 11.5 Å². The molecule has 8 heteroatoms. The fourth-order valence-electron chi connectivity index (χ4n) is 2.29. The maximum atomic E-state index is 13.5. The number of rotatable bonds is 5. The summed E-state index contributed by atoms with van der Waals surface area (Å²) in [6, 6.07) is 6.48. The Kier molecular flexibility index (Phi) is 5.65. The van der Waals surface area contributed by atoms with E-state index in [0.717, 1.165) is 23.8 Å². The van der Waals surface area contributed by atoms with Crippen molar-refractivity contribution in [3.8, 4) is 11.5 Å². The lowest BCUT2D eigenvalue weighted by Crippen LogP contribution is -2.16. The molecule has 0 aromatic heterocycles. The molecule has 1 N–H and O–H groups in total. The number of amides is 1. The molecule has 1 aliphatic heterocycles. The van der Waals surface area contributed by atoms with Crippen molar-refractivity contribution in [1.82, 2.24) is 0 Å². The third-order valence-electron chi connectivity index (χ3n) is 3.36. The summed E-state index contributed by atoms with van der Waals surface area (Å²) >= 11 is 7.48. The Morgan fingerprint density at radius 1 is 1.20 bits per heavy atom. The normalized spacial score (nSPS) is 12.8. The number of carbonyl (C=O) groups is 1. The van der Waals surface area contributed by atoms with E-state index in [-0.39, 0.29) is 11.4 Å². The fourth-order valence-corrected chi connectivity index (χ4v) is 3.34. The van der Waals surface area contributed by atoms with Gasteiger partial charge in [-0.2, -0.15) is 0 Å². The van der Waals surface area contributed by atoms with Crippen LogP contribution in [0.4, 0.5) is 14.5 Å². The smallest absolute Gasteiger partial charge is 0.234 e. The van der Waals surface area contributed by atoms with E-state index in [0.29, 0.717) is 35.5 Å². The highest BCUT2D eigenvalue weighted by Crippen LogP contribution is 2.39. The van der Waals surface area contributed by atoms with Crippen molar-refractivity contribution in [2.75, 3.05) is 24.3 Å². The molecule has 0 atom stereocenters. The SMILES string of the molecule is O=C(CSCc1cc(Cl)c2c(c1)OCCO2)Nc1cc(F)ccc1F. The van der Waals surface area contributed by atoms with Crippen LogP contribution < -0.4 is 14.8 Å². The zero-order valence-electron chi connectivity index (χ0n) is 13.0. The summed E-state index contributed by atoms with van der Waals surface area (Å²) in [4.78, 5) is 11.9. The van der Waals surface area contributed by atoms with Crippen LogP contribution in [0.5, 0.6) is 11.5 Å². The maximum Gasteiger partial charge on any atom is 0.234 e. The van der Waals surface area contributed by atoms with Crippen molar-refractivity contribution in [2.24, 2.45) is 0 Å². The van der Waals surface area contributed by atoms with E-state index in [1.54, 1.807) is 6.07 Å². The van der Waals surface area contributed by atoms with Gasteiger partial charge in [-0.25, -0.2) is 8.78 Å². The van der Waals surface area contributed by atoms with E-state index in [4.69, 9.17) is 21.1 Å². The van der Waals surface area contributed by atoms with Gasteiger partial charge < -0.3 is 14.8 Å². The number of nitrogens with one attached hydrogen (secondary N) is 1. The molecule has 4 nitrogen and oxygen atoms in total. The van der Waals surface area contributed by atoms with Crippen LogP contribution in [0.2, 0.25) is 5.02 Å². The zero-order valence-corrected chi connectivity index (χ0v) is 14.6. The summed E-state index contributed by atoms with van der Waals surface area (Å²) in [7, 11) is 0. The molecule has 2 aromatic rings. The van der Waals surface area contributed by atoms with Crippen molar-refractivity contribution in [3.63, 3.8) is 0 Å². The standard InChI is InChI=1S/C17H14ClF2NO3S/c18-12-5-10(6-15-17(12)24-4-3-23-15)8-25-9-16(22)21-14-7-11(19)1-2-13(14)20/h1-2,5-7H,3-4,8-9H2,(H,21,22). The molecule has 0 radical (unpaired) electrons. The number of anilines is 1. The van der Waals surface area contributed by atoms with Crippen molar-refractivity contribution in [1.29, 1.82) is 0 Å². The summed E-state index contributed by atoms with van der Waals surface area (Å²) in [5.41, 5.74) is 0.706. The van der Waals surface area contributed by atoms with Gasteiger partial charge in [-0.05, 0) is 29.8 Å². The first-order chi connectivity index (χ1) is 12.0. The molecule has 0 saturated carbocycles. The maximum absolute atomic E-state index is 13.5. The summed E-state index contributed by atoms with van der Waals surface area (Å²) in [6.45, 7) is 0.916. The first-order valence-corrected chi connectivity index (χ1v) is 8.97. The van der Waals surface area contributed by atoms with Crippen LogP contribution in [-0.2, 0) is 10.5 Å². The number of hydrogen-bond acceptors (Lipinski definition) is 4. The molecule has 2 aromatic carbocycles. The van der Waals surface area contributed by atoms with Gasteiger partial charge in [0.2, 0.25) is 5.91 Å². The number of hydrogen-bond donors (Lipinski definition) is 1. The number of thioether (sulfide) groups is 1. The summed E-state index contributed by atoms with van der Waals surface area (Å²) < 4.78 is 37.5. The molecule has 1 amide bonds. The quantitative estimate of drug-likeness (QED) is 0.835. The molecular weight excluding hydrogens is 372 g/mol. The predicted molar refractivity (Wildman–Crippen MR) is 93.6 cm³/mol. The average Bonchev–Trinajstić information content (AvgIpc) is 2.58. The van der Waals surface area contributed by atoms with Crippen molar-refractivity contribution >= 4 is 35.0 Å². The van der Waals surface area contributed by atoms with Crippen LogP contribution in [0.3, 0.4) is 0 Å². The Balaban J connectivity index is 1.55. The molecule has 1 aliphatic rings. The highest BCUT2D eigenvalue weighted by atomic mass is 35.5. The fraction of sp³-hybridized carbons (Fsp3) is 0.235. The largest absolute Gasteiger partial charge is 0.486 e. The zero-order chi connectivity index (χ0) is 17.8. The molecular formula is C17H14ClF2NO3S. The molecule has 132 valence electrons. The minimum atomic E-state index is -0.682. The van der Waals surface area contributed by atoms with Gasteiger partial charge in [0.05, 0.1) is 16.5 Å². The van der Waals surface area contributed by atoms with Crippen LogP contribution in [-0.4, -0.2) is 24.9 Å². The Morgan fingerprint density at radius 2 is 2.00 bits per heavy atom. The van der Waals surface area contributed by atoms with Crippen molar-refractivity contribution < 1.29 is 23.0 Å². The van der Waals surface area contributed by atoms with Gasteiger partial charge in [0, 0.05) is 11.8 Å². The third kappa shape index (κ3) is 4.55. The molecule has 3 rings (SSSR count). The predicted octanol–water partition coefficient (Wildman–Crippen LogP) is 4.26. The summed E-state index contributed by atoms with van der Waals surface area (Å²) in [6.07, 6.45) is 0. The van der Waals surface area contributed by atoms with Gasteiger partial charge in [0.25, 0.3) is 0 Å². The van der Waals surface area contributed by atoms with Crippen LogP contribution in [0.15, 0.2) is 30.3 Å². The second kappa shape index (κ2) is 7.93. The summed E-state index contributed by atoms with van der Waals surface area (Å²) in [5, 5.41) is 2.81. The lowest BCUT2D eigenvalue weighted by Gasteiger charge is -2.20. The first kappa shape index (κ1) is 17.8. The van der Waals surface area contributed by atoms with E-state index in [2.05, 4.69) is 5.32 Å². The molecule has 0 spiro atoms. The van der Waals surface area contributed by atoms with Gasteiger partial charge in [-0.3, -0.25) is 4.79 Å². The molecule has 1 heterocycles. The van der Waals surface area contributed by atoms with E-state index < -0.39 is 17.5 Å². The second-order valence-corrected chi connectivity index (χ2v) is 6.66. The Hall–Kier alpha value is -1.99.